The van der Waals surface area contributed by atoms with Crippen LogP contribution in [0.25, 0.3) is 110 Å². The molecule has 0 spiro atoms. The molecule has 13 rings (SSSR count). The van der Waals surface area contributed by atoms with Gasteiger partial charge in [0.05, 0.1) is 0 Å². The van der Waals surface area contributed by atoms with Crippen LogP contribution in [0.4, 0.5) is 17.1 Å². The average Bonchev–Trinajstić information content (AvgIpc) is 3.78. The van der Waals surface area contributed by atoms with Crippen LogP contribution < -0.4 is 4.90 Å². The predicted molar refractivity (Wildman–Crippen MR) is 280 cm³/mol. The molecular formula is C64H41NO. The minimum absolute atomic E-state index is 0.894. The van der Waals surface area contributed by atoms with Crippen LogP contribution in [0.2, 0.25) is 0 Å². The topological polar surface area (TPSA) is 16.4 Å². The van der Waals surface area contributed by atoms with Gasteiger partial charge < -0.3 is 9.32 Å². The minimum Gasteiger partial charge on any atom is -0.455 e. The molecule has 0 amide bonds. The number of benzene rings is 12. The van der Waals surface area contributed by atoms with E-state index in [1.807, 2.05) is 6.07 Å². The maximum atomic E-state index is 6.58. The molecule has 1 aromatic heterocycles. The van der Waals surface area contributed by atoms with E-state index in [-0.39, 0.29) is 0 Å². The Bertz CT molecular complexity index is 3980. The molecule has 308 valence electrons. The predicted octanol–water partition coefficient (Wildman–Crippen LogP) is 18.3. The van der Waals surface area contributed by atoms with Crippen molar-refractivity contribution >= 4 is 82.1 Å². The SMILES string of the molecule is c1ccc(-c2c(-c3ccccc3)c3cc(N(c4ccc(-c5ccc6c(ccc7ccccc76)c5)cc4)c4cccc(-c5cccc6c5oc5ccccc56)c4)ccc3c3ccccc23)cc1. The number of nitrogens with zero attached hydrogens (tertiary/aromatic N) is 1. The smallest absolute Gasteiger partial charge is 0.143 e. The fourth-order valence-electron chi connectivity index (χ4n) is 10.4. The van der Waals surface area contributed by atoms with Crippen molar-refractivity contribution in [2.75, 3.05) is 4.90 Å². The van der Waals surface area contributed by atoms with Crippen LogP contribution in [0, 0.1) is 0 Å². The van der Waals surface area contributed by atoms with Crippen LogP contribution in [0.3, 0.4) is 0 Å². The first kappa shape index (κ1) is 37.8. The maximum Gasteiger partial charge on any atom is 0.143 e. The molecule has 0 atom stereocenters. The molecule has 12 aromatic carbocycles. The van der Waals surface area contributed by atoms with E-state index in [1.54, 1.807) is 0 Å². The molecule has 0 saturated heterocycles. The summed E-state index contributed by atoms with van der Waals surface area (Å²) < 4.78 is 6.58. The van der Waals surface area contributed by atoms with E-state index >= 15 is 0 Å². The number of furan rings is 1. The molecule has 1 heterocycles. The Morgan fingerprint density at radius 3 is 1.61 bits per heavy atom. The Balaban J connectivity index is 1.02. The lowest BCUT2D eigenvalue weighted by Gasteiger charge is -2.27. The molecular weight excluding hydrogens is 799 g/mol. The molecule has 0 bridgehead atoms. The highest BCUT2D eigenvalue weighted by Crippen LogP contribution is 2.48. The minimum atomic E-state index is 0.894. The molecule has 66 heavy (non-hydrogen) atoms. The normalized spacial score (nSPS) is 11.6. The molecule has 0 aliphatic rings. The molecule has 2 nitrogen and oxygen atoms in total. The Morgan fingerprint density at radius 1 is 0.258 bits per heavy atom. The van der Waals surface area contributed by atoms with Gasteiger partial charge in [0.2, 0.25) is 0 Å². The van der Waals surface area contributed by atoms with Gasteiger partial charge in [-0.15, -0.1) is 0 Å². The van der Waals surface area contributed by atoms with Crippen molar-refractivity contribution < 1.29 is 4.42 Å². The summed E-state index contributed by atoms with van der Waals surface area (Å²) in [5.41, 5.74) is 14.3. The maximum absolute atomic E-state index is 6.58. The Morgan fingerprint density at radius 2 is 0.803 bits per heavy atom. The van der Waals surface area contributed by atoms with Gasteiger partial charge >= 0.3 is 0 Å². The third-order valence-corrected chi connectivity index (χ3v) is 13.4. The van der Waals surface area contributed by atoms with Gasteiger partial charge in [-0.3, -0.25) is 0 Å². The molecule has 0 unspecified atom stereocenters. The molecule has 0 N–H and O–H groups in total. The van der Waals surface area contributed by atoms with Crippen LogP contribution in [-0.4, -0.2) is 0 Å². The lowest BCUT2D eigenvalue weighted by Crippen LogP contribution is -2.10. The van der Waals surface area contributed by atoms with Crippen molar-refractivity contribution in [3.63, 3.8) is 0 Å². The summed E-state index contributed by atoms with van der Waals surface area (Å²) in [7, 11) is 0. The second-order valence-electron chi connectivity index (χ2n) is 17.2. The Hall–Kier alpha value is -8.72. The number of rotatable bonds is 7. The molecule has 2 heteroatoms. The van der Waals surface area contributed by atoms with E-state index in [9.17, 15) is 0 Å². The lowest BCUT2D eigenvalue weighted by atomic mass is 9.85. The van der Waals surface area contributed by atoms with Crippen LogP contribution in [0.15, 0.2) is 253 Å². The molecule has 0 fully saturated rings. The highest BCUT2D eigenvalue weighted by atomic mass is 16.3. The summed E-state index contributed by atoms with van der Waals surface area (Å²) >= 11 is 0. The first-order valence-electron chi connectivity index (χ1n) is 22.7. The second-order valence-corrected chi connectivity index (χ2v) is 17.2. The van der Waals surface area contributed by atoms with Crippen LogP contribution in [0.1, 0.15) is 0 Å². The highest BCUT2D eigenvalue weighted by molar-refractivity contribution is 6.22. The first-order valence-corrected chi connectivity index (χ1v) is 22.7. The molecule has 0 saturated carbocycles. The first-order chi connectivity index (χ1) is 32.7. The summed E-state index contributed by atoms with van der Waals surface area (Å²) in [6.07, 6.45) is 0. The lowest BCUT2D eigenvalue weighted by molar-refractivity contribution is 0.670. The van der Waals surface area contributed by atoms with Gasteiger partial charge in [0.1, 0.15) is 11.2 Å². The molecule has 0 aliphatic heterocycles. The van der Waals surface area contributed by atoms with Crippen LogP contribution in [-0.2, 0) is 0 Å². The van der Waals surface area contributed by atoms with Crippen molar-refractivity contribution in [2.24, 2.45) is 0 Å². The quantitative estimate of drug-likeness (QED) is 0.149. The zero-order chi connectivity index (χ0) is 43.6. The van der Waals surface area contributed by atoms with Crippen molar-refractivity contribution in [3.05, 3.63) is 249 Å². The van der Waals surface area contributed by atoms with Crippen LogP contribution in [0.5, 0.6) is 0 Å². The number of anilines is 3. The molecule has 13 aromatic rings. The van der Waals surface area contributed by atoms with Gasteiger partial charge in [0.15, 0.2) is 0 Å². The fraction of sp³-hybridized carbons (Fsp3) is 0. The zero-order valence-corrected chi connectivity index (χ0v) is 36.0. The summed E-state index contributed by atoms with van der Waals surface area (Å²) in [5.74, 6) is 0. The summed E-state index contributed by atoms with van der Waals surface area (Å²) in [4.78, 5) is 2.41. The number of fused-ring (bicyclic) bond motifs is 9. The van der Waals surface area contributed by atoms with Crippen molar-refractivity contribution in [1.82, 2.24) is 0 Å². The largest absolute Gasteiger partial charge is 0.455 e. The van der Waals surface area contributed by atoms with E-state index in [0.29, 0.717) is 0 Å². The third kappa shape index (κ3) is 6.26. The van der Waals surface area contributed by atoms with Crippen molar-refractivity contribution in [1.29, 1.82) is 0 Å². The van der Waals surface area contributed by atoms with Gasteiger partial charge in [-0.25, -0.2) is 0 Å². The zero-order valence-electron chi connectivity index (χ0n) is 36.0. The molecule has 0 radical (unpaired) electrons. The van der Waals surface area contributed by atoms with E-state index in [0.717, 1.165) is 50.1 Å². The number of hydrogen-bond donors (Lipinski definition) is 0. The van der Waals surface area contributed by atoms with Gasteiger partial charge in [0.25, 0.3) is 0 Å². The number of hydrogen-bond acceptors (Lipinski definition) is 2. The van der Waals surface area contributed by atoms with Crippen molar-refractivity contribution in [3.8, 4) is 44.5 Å². The Labute approximate surface area is 382 Å². The summed E-state index contributed by atoms with van der Waals surface area (Å²) in [6.45, 7) is 0. The van der Waals surface area contributed by atoms with Gasteiger partial charge in [-0.2, -0.15) is 0 Å². The van der Waals surface area contributed by atoms with Gasteiger partial charge in [-0.1, -0.05) is 200 Å². The van der Waals surface area contributed by atoms with E-state index < -0.39 is 0 Å². The number of para-hydroxylation sites is 2. The van der Waals surface area contributed by atoms with Crippen molar-refractivity contribution in [2.45, 2.75) is 0 Å². The van der Waals surface area contributed by atoms with E-state index in [2.05, 4.69) is 248 Å². The summed E-state index contributed by atoms with van der Waals surface area (Å²) in [6, 6.07) is 90.3. The standard InChI is InChI=1S/C64H41NO/c1-3-16-44(17-4-1)62-58-25-10-9-23-55(58)56-38-36-51(41-60(56)63(62)45-18-5-2-6-19-45)65(50-21-13-20-47(40-50)54-26-14-27-59-57-24-11-12-28-61(57)66-64(54)59)49-34-31-42(32-35-49)46-33-37-53-48(39-46)30-29-43-15-7-8-22-52(43)53/h1-41H. The van der Waals surface area contributed by atoms with Gasteiger partial charge in [-0.05, 0) is 131 Å². The monoisotopic (exact) mass is 839 g/mol. The second kappa shape index (κ2) is 15.5. The molecule has 0 aliphatic carbocycles. The van der Waals surface area contributed by atoms with Crippen LogP contribution >= 0.6 is 0 Å². The average molecular weight is 840 g/mol. The highest BCUT2D eigenvalue weighted by Gasteiger charge is 2.21. The summed E-state index contributed by atoms with van der Waals surface area (Å²) in [5, 5.41) is 12.2. The Kier molecular flexibility index (Phi) is 8.89. The van der Waals surface area contributed by atoms with Gasteiger partial charge in [0, 0.05) is 33.4 Å². The van der Waals surface area contributed by atoms with E-state index in [1.165, 1.54) is 76.5 Å². The van der Waals surface area contributed by atoms with E-state index in [4.69, 9.17) is 4.42 Å². The fourth-order valence-corrected chi connectivity index (χ4v) is 10.4. The third-order valence-electron chi connectivity index (χ3n) is 13.4.